The number of hydrogen-bond acceptors (Lipinski definition) is 3. The first kappa shape index (κ1) is 12.8. The van der Waals surface area contributed by atoms with Crippen LogP contribution in [0.25, 0.3) is 5.69 Å². The van der Waals surface area contributed by atoms with E-state index in [1.54, 1.807) is 13.1 Å². The van der Waals surface area contributed by atoms with Crippen molar-refractivity contribution in [2.75, 3.05) is 6.54 Å². The molecule has 0 saturated carbocycles. The van der Waals surface area contributed by atoms with E-state index in [0.717, 1.165) is 25.2 Å². The van der Waals surface area contributed by atoms with E-state index in [1.807, 2.05) is 29.1 Å². The SMILES string of the molecule is CC(O)CCNCc1cccc(-n2cccn2)c1. The second-order valence-corrected chi connectivity index (χ2v) is 4.44. The summed E-state index contributed by atoms with van der Waals surface area (Å²) < 4.78 is 1.85. The van der Waals surface area contributed by atoms with Gasteiger partial charge in [0.25, 0.3) is 0 Å². The predicted octanol–water partition coefficient (Wildman–Crippen LogP) is 1.73. The van der Waals surface area contributed by atoms with Gasteiger partial charge in [-0.2, -0.15) is 5.10 Å². The van der Waals surface area contributed by atoms with Crippen molar-refractivity contribution in [3.05, 3.63) is 48.3 Å². The fourth-order valence-electron chi connectivity index (χ4n) is 1.77. The molecule has 96 valence electrons. The fourth-order valence-corrected chi connectivity index (χ4v) is 1.77. The Morgan fingerprint density at radius 1 is 1.39 bits per heavy atom. The minimum absolute atomic E-state index is 0.243. The van der Waals surface area contributed by atoms with Crippen molar-refractivity contribution in [2.45, 2.75) is 26.0 Å². The maximum absolute atomic E-state index is 9.17. The summed E-state index contributed by atoms with van der Waals surface area (Å²) in [5.41, 5.74) is 2.28. The Balaban J connectivity index is 1.92. The van der Waals surface area contributed by atoms with Crippen LogP contribution in [0.3, 0.4) is 0 Å². The van der Waals surface area contributed by atoms with Crippen LogP contribution in [0.1, 0.15) is 18.9 Å². The summed E-state index contributed by atoms with van der Waals surface area (Å²) >= 11 is 0. The van der Waals surface area contributed by atoms with Crippen LogP contribution < -0.4 is 5.32 Å². The van der Waals surface area contributed by atoms with Crippen molar-refractivity contribution in [3.8, 4) is 5.69 Å². The average molecular weight is 245 g/mol. The number of rotatable bonds is 6. The Morgan fingerprint density at radius 3 is 3.00 bits per heavy atom. The van der Waals surface area contributed by atoms with Gasteiger partial charge >= 0.3 is 0 Å². The molecule has 1 unspecified atom stereocenters. The molecule has 0 saturated heterocycles. The number of hydrogen-bond donors (Lipinski definition) is 2. The Hall–Kier alpha value is -1.65. The molecule has 1 aromatic carbocycles. The van der Waals surface area contributed by atoms with E-state index in [0.29, 0.717) is 0 Å². The molecule has 18 heavy (non-hydrogen) atoms. The third-order valence-electron chi connectivity index (χ3n) is 2.75. The molecule has 1 heterocycles. The number of benzene rings is 1. The van der Waals surface area contributed by atoms with Gasteiger partial charge in [-0.1, -0.05) is 12.1 Å². The van der Waals surface area contributed by atoms with Crippen LogP contribution in [0.5, 0.6) is 0 Å². The molecule has 0 spiro atoms. The van der Waals surface area contributed by atoms with Gasteiger partial charge in [-0.05, 0) is 43.7 Å². The van der Waals surface area contributed by atoms with Gasteiger partial charge in [0.15, 0.2) is 0 Å². The molecule has 4 nitrogen and oxygen atoms in total. The van der Waals surface area contributed by atoms with Crippen molar-refractivity contribution in [1.29, 1.82) is 0 Å². The molecule has 0 aliphatic rings. The molecule has 0 amide bonds. The molecule has 2 aromatic rings. The molecule has 0 fully saturated rings. The summed E-state index contributed by atoms with van der Waals surface area (Å²) in [5.74, 6) is 0. The normalized spacial score (nSPS) is 12.6. The van der Waals surface area contributed by atoms with Crippen LogP contribution in [0.2, 0.25) is 0 Å². The van der Waals surface area contributed by atoms with Crippen molar-refractivity contribution in [2.24, 2.45) is 0 Å². The van der Waals surface area contributed by atoms with E-state index in [9.17, 15) is 0 Å². The Labute approximate surface area is 107 Å². The average Bonchev–Trinajstić information content (AvgIpc) is 2.89. The summed E-state index contributed by atoms with van der Waals surface area (Å²) in [6.45, 7) is 3.44. The van der Waals surface area contributed by atoms with Gasteiger partial charge in [0.1, 0.15) is 0 Å². The lowest BCUT2D eigenvalue weighted by molar-refractivity contribution is 0.183. The maximum Gasteiger partial charge on any atom is 0.0648 e. The Morgan fingerprint density at radius 2 is 2.28 bits per heavy atom. The molecular formula is C14H19N3O. The summed E-state index contributed by atoms with van der Waals surface area (Å²) in [4.78, 5) is 0. The Bertz CT molecular complexity index is 466. The quantitative estimate of drug-likeness (QED) is 0.762. The van der Waals surface area contributed by atoms with Crippen LogP contribution in [0.15, 0.2) is 42.7 Å². The van der Waals surface area contributed by atoms with E-state index >= 15 is 0 Å². The van der Waals surface area contributed by atoms with E-state index < -0.39 is 0 Å². The number of aromatic nitrogens is 2. The van der Waals surface area contributed by atoms with E-state index in [2.05, 4.69) is 22.5 Å². The topological polar surface area (TPSA) is 50.1 Å². The van der Waals surface area contributed by atoms with Gasteiger partial charge in [0.2, 0.25) is 0 Å². The fraction of sp³-hybridized carbons (Fsp3) is 0.357. The first-order chi connectivity index (χ1) is 8.75. The van der Waals surface area contributed by atoms with Crippen LogP contribution in [0, 0.1) is 0 Å². The molecule has 1 atom stereocenters. The third-order valence-corrected chi connectivity index (χ3v) is 2.75. The zero-order chi connectivity index (χ0) is 12.8. The molecule has 1 aromatic heterocycles. The molecule has 2 N–H and O–H groups in total. The molecule has 0 aliphatic heterocycles. The van der Waals surface area contributed by atoms with E-state index in [1.165, 1.54) is 5.56 Å². The summed E-state index contributed by atoms with van der Waals surface area (Å²) in [5, 5.41) is 16.7. The predicted molar refractivity (Wildman–Crippen MR) is 71.6 cm³/mol. The molecule has 4 heteroatoms. The highest BCUT2D eigenvalue weighted by Crippen LogP contribution is 2.09. The maximum atomic E-state index is 9.17. The minimum Gasteiger partial charge on any atom is -0.393 e. The molecule has 2 rings (SSSR count). The van der Waals surface area contributed by atoms with E-state index in [4.69, 9.17) is 5.11 Å². The van der Waals surface area contributed by atoms with Crippen molar-refractivity contribution >= 4 is 0 Å². The van der Waals surface area contributed by atoms with Crippen molar-refractivity contribution < 1.29 is 5.11 Å². The van der Waals surface area contributed by atoms with Gasteiger partial charge < -0.3 is 10.4 Å². The van der Waals surface area contributed by atoms with Gasteiger partial charge in [0, 0.05) is 18.9 Å². The van der Waals surface area contributed by atoms with Gasteiger partial charge in [0.05, 0.1) is 11.8 Å². The smallest absolute Gasteiger partial charge is 0.0648 e. The minimum atomic E-state index is -0.243. The lowest BCUT2D eigenvalue weighted by Gasteiger charge is -2.08. The van der Waals surface area contributed by atoms with Crippen molar-refractivity contribution in [3.63, 3.8) is 0 Å². The standard InChI is InChI=1S/C14H19N3O/c1-12(18)6-8-15-11-13-4-2-5-14(10-13)17-9-3-7-16-17/h2-5,7,9-10,12,15,18H,6,8,11H2,1H3. The molecule has 0 radical (unpaired) electrons. The summed E-state index contributed by atoms with van der Waals surface area (Å²) in [7, 11) is 0. The Kier molecular flexibility index (Phi) is 4.50. The van der Waals surface area contributed by atoms with E-state index in [-0.39, 0.29) is 6.10 Å². The zero-order valence-corrected chi connectivity index (χ0v) is 10.6. The third kappa shape index (κ3) is 3.68. The first-order valence-electron chi connectivity index (χ1n) is 6.23. The number of aliphatic hydroxyl groups excluding tert-OH is 1. The van der Waals surface area contributed by atoms with Crippen LogP contribution in [0.4, 0.5) is 0 Å². The second kappa shape index (κ2) is 6.33. The largest absolute Gasteiger partial charge is 0.393 e. The monoisotopic (exact) mass is 245 g/mol. The lowest BCUT2D eigenvalue weighted by Crippen LogP contribution is -2.18. The number of nitrogens with zero attached hydrogens (tertiary/aromatic N) is 2. The second-order valence-electron chi connectivity index (χ2n) is 4.44. The zero-order valence-electron chi connectivity index (χ0n) is 10.6. The number of nitrogens with one attached hydrogen (secondary N) is 1. The van der Waals surface area contributed by atoms with Crippen LogP contribution in [-0.2, 0) is 6.54 Å². The summed E-state index contributed by atoms with van der Waals surface area (Å²) in [6.07, 6.45) is 4.24. The first-order valence-corrected chi connectivity index (χ1v) is 6.23. The van der Waals surface area contributed by atoms with Crippen LogP contribution in [-0.4, -0.2) is 27.5 Å². The molecular weight excluding hydrogens is 226 g/mol. The molecule has 0 bridgehead atoms. The highest BCUT2D eigenvalue weighted by Gasteiger charge is 1.99. The van der Waals surface area contributed by atoms with Crippen molar-refractivity contribution in [1.82, 2.24) is 15.1 Å². The molecule has 0 aliphatic carbocycles. The van der Waals surface area contributed by atoms with Gasteiger partial charge in [-0.25, -0.2) is 4.68 Å². The van der Waals surface area contributed by atoms with Gasteiger partial charge in [-0.15, -0.1) is 0 Å². The highest BCUT2D eigenvalue weighted by molar-refractivity contribution is 5.34. The van der Waals surface area contributed by atoms with Gasteiger partial charge in [-0.3, -0.25) is 0 Å². The number of aliphatic hydroxyl groups is 1. The highest BCUT2D eigenvalue weighted by atomic mass is 16.3. The summed E-state index contributed by atoms with van der Waals surface area (Å²) in [6, 6.07) is 10.2. The van der Waals surface area contributed by atoms with Crippen LogP contribution >= 0.6 is 0 Å². The lowest BCUT2D eigenvalue weighted by atomic mass is 10.2.